The van der Waals surface area contributed by atoms with Crippen LogP contribution in [0.3, 0.4) is 0 Å². The number of aliphatic carboxylic acids is 2. The molecule has 2 atom stereocenters. The first kappa shape index (κ1) is 33.0. The summed E-state index contributed by atoms with van der Waals surface area (Å²) < 4.78 is 9.21. The Kier molecular flexibility index (Phi) is 13.9. The maximum Gasteiger partial charge on any atom is 1.00 e. The van der Waals surface area contributed by atoms with E-state index in [9.17, 15) is 49.8 Å². The molecular weight excluding hydrogens is 502 g/mol. The number of rotatable bonds is 9. The number of carboxylic acid groups (broad SMARTS) is 2. The monoisotopic (exact) mass is 518 g/mol. The number of carbonyl (C=O) groups excluding carboxylic acids is 2. The van der Waals surface area contributed by atoms with Crippen molar-refractivity contribution < 1.29 is 118 Å². The van der Waals surface area contributed by atoms with Crippen LogP contribution in [0, 0.1) is 0 Å². The van der Waals surface area contributed by atoms with E-state index in [2.05, 4.69) is 9.47 Å². The molecule has 0 unspecified atom stereocenters. The van der Waals surface area contributed by atoms with Crippen LogP contribution in [-0.4, -0.2) is 56.5 Å². The summed E-state index contributed by atoms with van der Waals surface area (Å²) in [6, 6.07) is 6.59. The molecule has 0 bridgehead atoms. The van der Waals surface area contributed by atoms with Crippen molar-refractivity contribution in [3.63, 3.8) is 0 Å². The molecule has 2 rings (SSSR count). The van der Waals surface area contributed by atoms with Gasteiger partial charge >= 0.3 is 83.0 Å². The summed E-state index contributed by atoms with van der Waals surface area (Å²) in [5, 5.41) is 59.6. The van der Waals surface area contributed by atoms with Crippen molar-refractivity contribution in [1.82, 2.24) is 0 Å². The molecule has 2 aromatic carbocycles. The first-order valence-corrected chi connectivity index (χ1v) is 9.21. The smallest absolute Gasteiger partial charge is 0.870 e. The molecule has 2 aromatic rings. The minimum atomic E-state index is -2.42. The minimum Gasteiger partial charge on any atom is -0.870 e. The van der Waals surface area contributed by atoms with Gasteiger partial charge in [-0.15, -0.1) is 0 Å². The molecule has 0 spiro atoms. The van der Waals surface area contributed by atoms with Crippen molar-refractivity contribution in [3.8, 4) is 23.0 Å². The number of carboxylic acids is 2. The SMILES string of the molecule is O=C(/C=C/c1ccc([O-])c(O)c1)O[C@H](C(=O)O)[C@H](OC(=O)/C=C/c1ccc([O-])c(O)c1)C(=O)O.[Na+].[Na+]. The molecule has 0 aromatic heterocycles. The Balaban J connectivity index is 0.00000612. The van der Waals surface area contributed by atoms with E-state index in [1.807, 2.05) is 0 Å². The van der Waals surface area contributed by atoms with Gasteiger partial charge in [0, 0.05) is 12.2 Å². The van der Waals surface area contributed by atoms with Crippen molar-refractivity contribution in [3.05, 3.63) is 59.7 Å². The van der Waals surface area contributed by atoms with E-state index in [0.717, 1.165) is 36.4 Å². The number of esters is 2. The summed E-state index contributed by atoms with van der Waals surface area (Å²) in [4.78, 5) is 46.9. The fraction of sp³-hybridized carbons (Fsp3) is 0.0909. The second-order valence-corrected chi connectivity index (χ2v) is 6.51. The quantitative estimate of drug-likeness (QED) is 0.139. The molecule has 178 valence electrons. The predicted octanol–water partition coefficient (Wildman–Crippen LogP) is -6.03. The number of hydrogen-bond donors (Lipinski definition) is 4. The average Bonchev–Trinajstić information content (AvgIpc) is 2.77. The average molecular weight is 518 g/mol. The number of carbonyl (C=O) groups is 4. The summed E-state index contributed by atoms with van der Waals surface area (Å²) in [5.41, 5.74) is 0.367. The van der Waals surface area contributed by atoms with Gasteiger partial charge in [-0.1, -0.05) is 35.8 Å². The minimum absolute atomic E-state index is 0. The van der Waals surface area contributed by atoms with Crippen LogP contribution in [0.25, 0.3) is 12.2 Å². The number of ether oxygens (including phenoxy) is 2. The Labute approximate surface area is 247 Å². The molecule has 0 saturated heterocycles. The third-order valence-electron chi connectivity index (χ3n) is 4.04. The first-order valence-electron chi connectivity index (χ1n) is 9.21. The molecule has 0 aliphatic carbocycles. The standard InChI is InChI=1S/C22H18O12.2Na/c23-13-5-1-11(9-15(13)25)3-7-17(27)33-19(21(29)30)20(22(31)32)34-18(28)8-4-12-2-6-14(24)16(26)10-12;;/h1-10,19-20,23-26H,(H,29,30)(H,31,32);;/q;2*+1/p-2/b7-3+,8-4+;;/t19-,20-;;/m0../s1. The zero-order valence-corrected chi connectivity index (χ0v) is 23.0. The zero-order valence-electron chi connectivity index (χ0n) is 19.0. The molecule has 0 aliphatic rings. The van der Waals surface area contributed by atoms with Crippen LogP contribution in [-0.2, 0) is 28.7 Å². The fourth-order valence-electron chi connectivity index (χ4n) is 2.42. The van der Waals surface area contributed by atoms with E-state index in [0.29, 0.717) is 12.2 Å². The van der Waals surface area contributed by atoms with E-state index >= 15 is 0 Å². The van der Waals surface area contributed by atoms with E-state index in [1.165, 1.54) is 12.1 Å². The van der Waals surface area contributed by atoms with E-state index in [1.54, 1.807) is 0 Å². The van der Waals surface area contributed by atoms with Crippen LogP contribution in [0.1, 0.15) is 11.1 Å². The van der Waals surface area contributed by atoms with Gasteiger partial charge in [0.1, 0.15) is 11.5 Å². The summed E-state index contributed by atoms with van der Waals surface area (Å²) in [5.74, 6) is -8.98. The molecule has 0 amide bonds. The molecule has 4 N–H and O–H groups in total. The third-order valence-corrected chi connectivity index (χ3v) is 4.04. The Morgan fingerprint density at radius 2 is 1.03 bits per heavy atom. The third kappa shape index (κ3) is 9.93. The summed E-state index contributed by atoms with van der Waals surface area (Å²) in [6.07, 6.45) is -1.30. The van der Waals surface area contributed by atoms with Crippen LogP contribution < -0.4 is 69.3 Å². The first-order chi connectivity index (χ1) is 16.0. The Bertz CT molecular complexity index is 1080. The Hall–Kier alpha value is -3.00. The van der Waals surface area contributed by atoms with Crippen LogP contribution >= 0.6 is 0 Å². The maximum absolute atomic E-state index is 12.0. The van der Waals surface area contributed by atoms with E-state index in [4.69, 9.17) is 0 Å². The largest absolute Gasteiger partial charge is 1.00 e. The van der Waals surface area contributed by atoms with E-state index in [-0.39, 0.29) is 70.2 Å². The van der Waals surface area contributed by atoms with Crippen LogP contribution in [0.2, 0.25) is 0 Å². The van der Waals surface area contributed by atoms with Gasteiger partial charge in [-0.25, -0.2) is 19.2 Å². The normalized spacial score (nSPS) is 12.1. The summed E-state index contributed by atoms with van der Waals surface area (Å²) in [7, 11) is 0. The predicted molar refractivity (Wildman–Crippen MR) is 108 cm³/mol. The van der Waals surface area contributed by atoms with Gasteiger partial charge in [0.2, 0.25) is 12.2 Å². The van der Waals surface area contributed by atoms with Crippen LogP contribution in [0.5, 0.6) is 23.0 Å². The second-order valence-electron chi connectivity index (χ2n) is 6.51. The number of phenolic OH excluding ortho intramolecular Hbond substituents is 2. The van der Waals surface area contributed by atoms with Gasteiger partial charge in [-0.2, -0.15) is 0 Å². The molecular formula is C22H16Na2O12. The zero-order chi connectivity index (χ0) is 25.4. The van der Waals surface area contributed by atoms with Crippen molar-refractivity contribution in [2.45, 2.75) is 12.2 Å². The maximum atomic E-state index is 12.0. The number of phenols is 2. The molecule has 0 radical (unpaired) electrons. The topological polar surface area (TPSA) is 214 Å². The molecule has 0 aliphatic heterocycles. The fourth-order valence-corrected chi connectivity index (χ4v) is 2.42. The molecule has 0 saturated carbocycles. The van der Waals surface area contributed by atoms with Crippen molar-refractivity contribution >= 4 is 36.0 Å². The van der Waals surface area contributed by atoms with Gasteiger partial charge in [0.15, 0.2) is 0 Å². The molecule has 36 heavy (non-hydrogen) atoms. The van der Waals surface area contributed by atoms with Gasteiger partial charge in [-0.3, -0.25) is 0 Å². The van der Waals surface area contributed by atoms with Crippen molar-refractivity contribution in [1.29, 1.82) is 0 Å². The van der Waals surface area contributed by atoms with Gasteiger partial charge in [0.05, 0.1) is 0 Å². The molecule has 14 heteroatoms. The van der Waals surface area contributed by atoms with Crippen LogP contribution in [0.15, 0.2) is 48.6 Å². The van der Waals surface area contributed by atoms with Crippen LogP contribution in [0.4, 0.5) is 0 Å². The van der Waals surface area contributed by atoms with Gasteiger partial charge in [0.25, 0.3) is 0 Å². The van der Waals surface area contributed by atoms with Gasteiger partial charge < -0.3 is 40.1 Å². The number of hydrogen-bond acceptors (Lipinski definition) is 10. The summed E-state index contributed by atoms with van der Waals surface area (Å²) in [6.45, 7) is 0. The van der Waals surface area contributed by atoms with Crippen molar-refractivity contribution in [2.75, 3.05) is 0 Å². The summed E-state index contributed by atoms with van der Waals surface area (Å²) >= 11 is 0. The second kappa shape index (κ2) is 15.2. The Morgan fingerprint density at radius 3 is 1.31 bits per heavy atom. The van der Waals surface area contributed by atoms with E-state index < -0.39 is 59.1 Å². The van der Waals surface area contributed by atoms with Gasteiger partial charge in [-0.05, 0) is 35.4 Å². The molecule has 12 nitrogen and oxygen atoms in total. The number of aromatic hydroxyl groups is 2. The van der Waals surface area contributed by atoms with Crippen molar-refractivity contribution in [2.24, 2.45) is 0 Å². The Morgan fingerprint density at radius 1 is 0.694 bits per heavy atom. The number of benzene rings is 2. The molecule has 0 heterocycles. The molecule has 0 fully saturated rings.